The SMILES string of the molecule is CCOc1cccc(C=NNC(=O)CC(=O)Nc2ccc(C)cc2)c1. The van der Waals surface area contributed by atoms with Gasteiger partial charge in [0.25, 0.3) is 0 Å². The monoisotopic (exact) mass is 339 g/mol. The highest BCUT2D eigenvalue weighted by Crippen LogP contribution is 2.11. The first-order chi connectivity index (χ1) is 12.1. The van der Waals surface area contributed by atoms with E-state index in [-0.39, 0.29) is 6.42 Å². The quantitative estimate of drug-likeness (QED) is 0.462. The van der Waals surface area contributed by atoms with Crippen LogP contribution in [0.3, 0.4) is 0 Å². The Labute approximate surface area is 146 Å². The molecule has 2 aromatic carbocycles. The lowest BCUT2D eigenvalue weighted by Crippen LogP contribution is -2.24. The number of nitrogens with one attached hydrogen (secondary N) is 2. The molecule has 2 aromatic rings. The fourth-order valence-electron chi connectivity index (χ4n) is 2.06. The molecule has 0 unspecified atom stereocenters. The van der Waals surface area contributed by atoms with E-state index < -0.39 is 11.8 Å². The number of benzene rings is 2. The molecule has 2 N–H and O–H groups in total. The molecular formula is C19H21N3O3. The number of ether oxygens (including phenoxy) is 1. The third kappa shape index (κ3) is 6.47. The van der Waals surface area contributed by atoms with Crippen molar-refractivity contribution in [3.63, 3.8) is 0 Å². The summed E-state index contributed by atoms with van der Waals surface area (Å²) >= 11 is 0. The van der Waals surface area contributed by atoms with Crippen LogP contribution >= 0.6 is 0 Å². The molecule has 0 fully saturated rings. The number of hydrazone groups is 1. The van der Waals surface area contributed by atoms with Gasteiger partial charge in [-0.3, -0.25) is 9.59 Å². The van der Waals surface area contributed by atoms with Gasteiger partial charge in [-0.2, -0.15) is 5.10 Å². The standard InChI is InChI=1S/C19H21N3O3/c1-3-25-17-6-4-5-15(11-17)13-20-22-19(24)12-18(23)21-16-9-7-14(2)8-10-16/h4-11,13H,3,12H2,1-2H3,(H,21,23)(H,22,24). The number of amides is 2. The van der Waals surface area contributed by atoms with Gasteiger partial charge >= 0.3 is 0 Å². The molecule has 0 radical (unpaired) electrons. The van der Waals surface area contributed by atoms with Crippen molar-refractivity contribution >= 4 is 23.7 Å². The van der Waals surface area contributed by atoms with Gasteiger partial charge in [0.2, 0.25) is 11.8 Å². The molecule has 2 amide bonds. The maximum Gasteiger partial charge on any atom is 0.249 e. The molecule has 2 rings (SSSR count). The molecule has 0 saturated heterocycles. The van der Waals surface area contributed by atoms with Gasteiger partial charge in [0.05, 0.1) is 12.8 Å². The zero-order chi connectivity index (χ0) is 18.1. The van der Waals surface area contributed by atoms with E-state index in [9.17, 15) is 9.59 Å². The van der Waals surface area contributed by atoms with E-state index in [1.165, 1.54) is 6.21 Å². The number of carbonyl (C=O) groups excluding carboxylic acids is 2. The Morgan fingerprint density at radius 1 is 1.12 bits per heavy atom. The molecule has 0 aliphatic carbocycles. The van der Waals surface area contributed by atoms with E-state index in [4.69, 9.17) is 4.74 Å². The van der Waals surface area contributed by atoms with Crippen molar-refractivity contribution < 1.29 is 14.3 Å². The van der Waals surface area contributed by atoms with Gasteiger partial charge in [-0.25, -0.2) is 5.43 Å². The molecule has 0 aliphatic rings. The van der Waals surface area contributed by atoms with Gasteiger partial charge in [0.1, 0.15) is 12.2 Å². The van der Waals surface area contributed by atoms with Crippen molar-refractivity contribution in [3.8, 4) is 5.75 Å². The second-order valence-corrected chi connectivity index (χ2v) is 5.39. The van der Waals surface area contributed by atoms with Crippen molar-refractivity contribution in [1.29, 1.82) is 0 Å². The zero-order valence-corrected chi connectivity index (χ0v) is 14.3. The smallest absolute Gasteiger partial charge is 0.249 e. The molecule has 6 heteroatoms. The van der Waals surface area contributed by atoms with Crippen LogP contribution in [0.4, 0.5) is 5.69 Å². The van der Waals surface area contributed by atoms with Gasteiger partial charge in [0, 0.05) is 5.69 Å². The highest BCUT2D eigenvalue weighted by Gasteiger charge is 2.08. The number of carbonyl (C=O) groups is 2. The summed E-state index contributed by atoms with van der Waals surface area (Å²) in [6.07, 6.45) is 1.20. The molecule has 0 aliphatic heterocycles. The van der Waals surface area contributed by atoms with Crippen LogP contribution in [0, 0.1) is 6.92 Å². The Morgan fingerprint density at radius 2 is 1.88 bits per heavy atom. The van der Waals surface area contributed by atoms with Crippen molar-refractivity contribution in [1.82, 2.24) is 5.43 Å². The van der Waals surface area contributed by atoms with E-state index in [2.05, 4.69) is 15.8 Å². The second-order valence-electron chi connectivity index (χ2n) is 5.39. The van der Waals surface area contributed by atoms with Crippen molar-refractivity contribution in [2.24, 2.45) is 5.10 Å². The average molecular weight is 339 g/mol. The lowest BCUT2D eigenvalue weighted by molar-refractivity contribution is -0.126. The van der Waals surface area contributed by atoms with Gasteiger partial charge in [-0.05, 0) is 43.7 Å². The fraction of sp³-hybridized carbons (Fsp3) is 0.211. The maximum atomic E-state index is 11.8. The van der Waals surface area contributed by atoms with Crippen LogP contribution in [0.5, 0.6) is 5.75 Å². The fourth-order valence-corrected chi connectivity index (χ4v) is 2.06. The van der Waals surface area contributed by atoms with E-state index >= 15 is 0 Å². The number of aryl methyl sites for hydroxylation is 1. The minimum atomic E-state index is -0.484. The summed E-state index contributed by atoms with van der Waals surface area (Å²) in [6, 6.07) is 14.7. The topological polar surface area (TPSA) is 79.8 Å². The lowest BCUT2D eigenvalue weighted by Gasteiger charge is -2.05. The lowest BCUT2D eigenvalue weighted by atomic mass is 10.2. The summed E-state index contributed by atoms with van der Waals surface area (Å²) in [7, 11) is 0. The summed E-state index contributed by atoms with van der Waals surface area (Å²) in [6.45, 7) is 4.44. The van der Waals surface area contributed by atoms with Gasteiger partial charge < -0.3 is 10.1 Å². The Balaban J connectivity index is 1.80. The summed E-state index contributed by atoms with van der Waals surface area (Å²) in [5.74, 6) is -0.146. The Kier molecular flexibility index (Phi) is 6.71. The van der Waals surface area contributed by atoms with Crippen molar-refractivity contribution in [2.45, 2.75) is 20.3 Å². The average Bonchev–Trinajstić information content (AvgIpc) is 2.57. The van der Waals surface area contributed by atoms with Gasteiger partial charge in [0.15, 0.2) is 0 Å². The summed E-state index contributed by atoms with van der Waals surface area (Å²) in [5.41, 5.74) is 4.87. The maximum absolute atomic E-state index is 11.8. The van der Waals surface area contributed by atoms with Crippen molar-refractivity contribution in [3.05, 3.63) is 59.7 Å². The third-order valence-corrected chi connectivity index (χ3v) is 3.23. The van der Waals surface area contributed by atoms with Crippen LogP contribution in [0.15, 0.2) is 53.6 Å². The summed E-state index contributed by atoms with van der Waals surface area (Å²) in [5, 5.41) is 6.52. The molecule has 130 valence electrons. The van der Waals surface area contributed by atoms with E-state index in [1.807, 2.05) is 50.2 Å². The minimum Gasteiger partial charge on any atom is -0.494 e. The molecule has 6 nitrogen and oxygen atoms in total. The second kappa shape index (κ2) is 9.22. The number of rotatable bonds is 7. The largest absolute Gasteiger partial charge is 0.494 e. The molecule has 0 atom stereocenters. The first-order valence-corrected chi connectivity index (χ1v) is 7.98. The number of anilines is 1. The molecule has 0 heterocycles. The van der Waals surface area contributed by atoms with Gasteiger partial charge in [-0.15, -0.1) is 0 Å². The molecule has 0 aromatic heterocycles. The van der Waals surface area contributed by atoms with Gasteiger partial charge in [-0.1, -0.05) is 29.8 Å². The molecular weight excluding hydrogens is 318 g/mol. The minimum absolute atomic E-state index is 0.301. The number of nitrogens with zero attached hydrogens (tertiary/aromatic N) is 1. The zero-order valence-electron chi connectivity index (χ0n) is 14.3. The molecule has 0 bridgehead atoms. The molecule has 0 saturated carbocycles. The van der Waals surface area contributed by atoms with E-state index in [0.717, 1.165) is 16.9 Å². The summed E-state index contributed by atoms with van der Waals surface area (Å²) < 4.78 is 5.39. The van der Waals surface area contributed by atoms with Crippen LogP contribution in [0.25, 0.3) is 0 Å². The number of hydrogen-bond acceptors (Lipinski definition) is 4. The Morgan fingerprint density at radius 3 is 2.60 bits per heavy atom. The van der Waals surface area contributed by atoms with E-state index in [0.29, 0.717) is 12.3 Å². The predicted octanol–water partition coefficient (Wildman–Crippen LogP) is 2.87. The van der Waals surface area contributed by atoms with Crippen LogP contribution < -0.4 is 15.5 Å². The van der Waals surface area contributed by atoms with Crippen molar-refractivity contribution in [2.75, 3.05) is 11.9 Å². The Bertz CT molecular complexity index is 755. The van der Waals surface area contributed by atoms with E-state index in [1.54, 1.807) is 12.1 Å². The predicted molar refractivity (Wildman–Crippen MR) is 97.8 cm³/mol. The first kappa shape index (κ1) is 18.2. The molecule has 0 spiro atoms. The van der Waals surface area contributed by atoms with Crippen LogP contribution in [-0.2, 0) is 9.59 Å². The third-order valence-electron chi connectivity index (χ3n) is 3.23. The first-order valence-electron chi connectivity index (χ1n) is 7.98. The molecule has 25 heavy (non-hydrogen) atoms. The number of hydrogen-bond donors (Lipinski definition) is 2. The van der Waals surface area contributed by atoms with Crippen LogP contribution in [-0.4, -0.2) is 24.6 Å². The highest BCUT2D eigenvalue weighted by atomic mass is 16.5. The summed E-state index contributed by atoms with van der Waals surface area (Å²) in [4.78, 5) is 23.6. The Hall–Kier alpha value is -3.15. The normalized spacial score (nSPS) is 10.5. The van der Waals surface area contributed by atoms with Crippen LogP contribution in [0.2, 0.25) is 0 Å². The van der Waals surface area contributed by atoms with Crippen LogP contribution in [0.1, 0.15) is 24.5 Å². The highest BCUT2D eigenvalue weighted by molar-refractivity contribution is 6.03.